The van der Waals surface area contributed by atoms with Gasteiger partial charge in [-0.15, -0.1) is 0 Å². The van der Waals surface area contributed by atoms with E-state index in [2.05, 4.69) is 4.98 Å². The Balaban J connectivity index is 3.03. The number of aliphatic carboxylic acids is 1. The standard InChI is InChI=1S/C12H19N3O2/c1-12(2,10(13)11(16)17)8-5-6-9(14-7-8)15(3)4/h5-7,10H,13H2,1-4H3,(H,16,17). The van der Waals surface area contributed by atoms with Crippen LogP contribution in [0.15, 0.2) is 18.3 Å². The molecule has 1 rings (SSSR count). The van der Waals surface area contributed by atoms with Crippen molar-refractivity contribution < 1.29 is 9.90 Å². The van der Waals surface area contributed by atoms with Gasteiger partial charge in [-0.05, 0) is 11.6 Å². The van der Waals surface area contributed by atoms with E-state index in [1.165, 1.54) is 0 Å². The summed E-state index contributed by atoms with van der Waals surface area (Å²) in [5, 5.41) is 8.97. The molecule has 0 aliphatic heterocycles. The molecule has 0 aromatic carbocycles. The Bertz CT molecular complexity index is 399. The van der Waals surface area contributed by atoms with Crippen LogP contribution in [0.4, 0.5) is 5.82 Å². The molecule has 1 atom stereocenters. The fraction of sp³-hybridized carbons (Fsp3) is 0.500. The number of hydrogen-bond donors (Lipinski definition) is 2. The third-order valence-corrected chi connectivity index (χ3v) is 2.99. The molecule has 0 saturated heterocycles. The Morgan fingerprint density at radius 2 is 2.06 bits per heavy atom. The number of pyridine rings is 1. The average molecular weight is 237 g/mol. The molecule has 0 spiro atoms. The van der Waals surface area contributed by atoms with Crippen LogP contribution in [0.1, 0.15) is 19.4 Å². The smallest absolute Gasteiger partial charge is 0.321 e. The first-order chi connectivity index (χ1) is 7.76. The number of hydrogen-bond acceptors (Lipinski definition) is 4. The van der Waals surface area contributed by atoms with Gasteiger partial charge in [-0.2, -0.15) is 0 Å². The van der Waals surface area contributed by atoms with Crippen LogP contribution < -0.4 is 10.6 Å². The van der Waals surface area contributed by atoms with Gasteiger partial charge in [0.25, 0.3) is 0 Å². The average Bonchev–Trinajstić information content (AvgIpc) is 2.27. The summed E-state index contributed by atoms with van der Waals surface area (Å²) in [5.41, 5.74) is 5.85. The van der Waals surface area contributed by atoms with Crippen molar-refractivity contribution in [1.29, 1.82) is 0 Å². The second-order valence-electron chi connectivity index (χ2n) is 4.84. The maximum atomic E-state index is 10.9. The minimum Gasteiger partial charge on any atom is -0.480 e. The Morgan fingerprint density at radius 3 is 2.41 bits per heavy atom. The third-order valence-electron chi connectivity index (χ3n) is 2.99. The van der Waals surface area contributed by atoms with Gasteiger partial charge in [0.2, 0.25) is 0 Å². The summed E-state index contributed by atoms with van der Waals surface area (Å²) in [6, 6.07) is 2.77. The number of nitrogens with zero attached hydrogens (tertiary/aromatic N) is 2. The molecule has 17 heavy (non-hydrogen) atoms. The maximum absolute atomic E-state index is 10.9. The van der Waals surface area contributed by atoms with Crippen LogP contribution in [0, 0.1) is 0 Å². The van der Waals surface area contributed by atoms with Gasteiger partial charge in [-0.3, -0.25) is 4.79 Å². The number of nitrogens with two attached hydrogens (primary N) is 1. The van der Waals surface area contributed by atoms with Crippen molar-refractivity contribution in [2.75, 3.05) is 19.0 Å². The molecule has 5 nitrogen and oxygen atoms in total. The van der Waals surface area contributed by atoms with E-state index in [-0.39, 0.29) is 0 Å². The summed E-state index contributed by atoms with van der Waals surface area (Å²) in [5.74, 6) is -0.180. The van der Waals surface area contributed by atoms with E-state index in [1.54, 1.807) is 20.0 Å². The van der Waals surface area contributed by atoms with Gasteiger partial charge in [0, 0.05) is 25.7 Å². The van der Waals surface area contributed by atoms with E-state index >= 15 is 0 Å². The van der Waals surface area contributed by atoms with Gasteiger partial charge in [-0.1, -0.05) is 19.9 Å². The molecular weight excluding hydrogens is 218 g/mol. The molecule has 0 radical (unpaired) electrons. The lowest BCUT2D eigenvalue weighted by atomic mass is 9.79. The van der Waals surface area contributed by atoms with Gasteiger partial charge in [0.05, 0.1) is 0 Å². The van der Waals surface area contributed by atoms with Crippen LogP contribution in [0.25, 0.3) is 0 Å². The number of rotatable bonds is 4. The SMILES string of the molecule is CN(C)c1ccc(C(C)(C)C(N)C(=O)O)cn1. The lowest BCUT2D eigenvalue weighted by molar-refractivity contribution is -0.140. The van der Waals surface area contributed by atoms with Crippen molar-refractivity contribution >= 4 is 11.8 Å². The molecule has 0 fully saturated rings. The second-order valence-corrected chi connectivity index (χ2v) is 4.84. The van der Waals surface area contributed by atoms with E-state index in [4.69, 9.17) is 10.8 Å². The van der Waals surface area contributed by atoms with Gasteiger partial charge in [-0.25, -0.2) is 4.98 Å². The van der Waals surface area contributed by atoms with Crippen LogP contribution >= 0.6 is 0 Å². The number of anilines is 1. The fourth-order valence-corrected chi connectivity index (χ4v) is 1.52. The van der Waals surface area contributed by atoms with Crippen LogP contribution in [0.3, 0.4) is 0 Å². The van der Waals surface area contributed by atoms with Crippen molar-refractivity contribution in [3.05, 3.63) is 23.9 Å². The molecule has 0 amide bonds. The normalized spacial score (nSPS) is 13.2. The lowest BCUT2D eigenvalue weighted by Gasteiger charge is -2.29. The Hall–Kier alpha value is -1.62. The van der Waals surface area contributed by atoms with E-state index in [0.717, 1.165) is 11.4 Å². The molecule has 1 unspecified atom stereocenters. The van der Waals surface area contributed by atoms with Crippen molar-refractivity contribution in [1.82, 2.24) is 4.98 Å². The Kier molecular flexibility index (Phi) is 3.72. The number of aromatic nitrogens is 1. The highest BCUT2D eigenvalue weighted by Gasteiger charge is 2.33. The molecule has 1 aromatic heterocycles. The van der Waals surface area contributed by atoms with Crippen LogP contribution in [0.5, 0.6) is 0 Å². The highest BCUT2D eigenvalue weighted by Crippen LogP contribution is 2.26. The van der Waals surface area contributed by atoms with E-state index in [9.17, 15) is 4.79 Å². The minimum absolute atomic E-state index is 0.649. The van der Waals surface area contributed by atoms with Crippen LogP contribution in [0.2, 0.25) is 0 Å². The first-order valence-corrected chi connectivity index (χ1v) is 5.39. The quantitative estimate of drug-likeness (QED) is 0.811. The monoisotopic (exact) mass is 237 g/mol. The van der Waals surface area contributed by atoms with E-state index < -0.39 is 17.4 Å². The summed E-state index contributed by atoms with van der Waals surface area (Å²) in [6.45, 7) is 3.61. The van der Waals surface area contributed by atoms with Crippen LogP contribution in [-0.2, 0) is 10.2 Å². The number of carboxylic acids is 1. The van der Waals surface area contributed by atoms with Crippen molar-refractivity contribution in [3.63, 3.8) is 0 Å². The Morgan fingerprint density at radius 1 is 1.47 bits per heavy atom. The molecule has 1 heterocycles. The number of carboxylic acid groups (broad SMARTS) is 1. The first kappa shape index (κ1) is 13.4. The van der Waals surface area contributed by atoms with E-state index in [1.807, 2.05) is 31.1 Å². The van der Waals surface area contributed by atoms with Gasteiger partial charge < -0.3 is 15.7 Å². The summed E-state index contributed by atoms with van der Waals surface area (Å²) in [4.78, 5) is 17.1. The zero-order valence-corrected chi connectivity index (χ0v) is 10.6. The minimum atomic E-state index is -1.01. The summed E-state index contributed by atoms with van der Waals surface area (Å²) in [6.07, 6.45) is 1.68. The van der Waals surface area contributed by atoms with Crippen molar-refractivity contribution in [2.45, 2.75) is 25.3 Å². The molecule has 0 aliphatic rings. The fourth-order valence-electron chi connectivity index (χ4n) is 1.52. The van der Waals surface area contributed by atoms with Gasteiger partial charge >= 0.3 is 5.97 Å². The second kappa shape index (κ2) is 4.71. The van der Waals surface area contributed by atoms with Crippen LogP contribution in [-0.4, -0.2) is 36.2 Å². The highest BCUT2D eigenvalue weighted by atomic mass is 16.4. The van der Waals surface area contributed by atoms with Crippen molar-refractivity contribution in [3.8, 4) is 0 Å². The molecule has 3 N–H and O–H groups in total. The first-order valence-electron chi connectivity index (χ1n) is 5.39. The molecule has 0 aliphatic carbocycles. The van der Waals surface area contributed by atoms with E-state index in [0.29, 0.717) is 0 Å². The Labute approximate surface area is 101 Å². The molecule has 1 aromatic rings. The lowest BCUT2D eigenvalue weighted by Crippen LogP contribution is -2.46. The zero-order chi connectivity index (χ0) is 13.2. The zero-order valence-electron chi connectivity index (χ0n) is 10.6. The summed E-state index contributed by atoms with van der Waals surface area (Å²) in [7, 11) is 3.80. The summed E-state index contributed by atoms with van der Waals surface area (Å²) < 4.78 is 0. The topological polar surface area (TPSA) is 79.5 Å². The maximum Gasteiger partial charge on any atom is 0.321 e. The molecule has 94 valence electrons. The molecular formula is C12H19N3O2. The highest BCUT2D eigenvalue weighted by molar-refractivity contribution is 5.75. The molecule has 0 saturated carbocycles. The van der Waals surface area contributed by atoms with Gasteiger partial charge in [0.15, 0.2) is 0 Å². The largest absolute Gasteiger partial charge is 0.480 e. The molecule has 5 heteroatoms. The number of carbonyl (C=O) groups is 1. The van der Waals surface area contributed by atoms with Gasteiger partial charge in [0.1, 0.15) is 11.9 Å². The summed E-state index contributed by atoms with van der Waals surface area (Å²) >= 11 is 0. The van der Waals surface area contributed by atoms with Crippen molar-refractivity contribution in [2.24, 2.45) is 5.73 Å². The molecule has 0 bridgehead atoms. The predicted molar refractivity (Wildman–Crippen MR) is 67.2 cm³/mol. The third kappa shape index (κ3) is 2.74. The predicted octanol–water partition coefficient (Wildman–Crippen LogP) is 0.837.